The fourth-order valence-corrected chi connectivity index (χ4v) is 4.88. The Balaban J connectivity index is 2.20. The van der Waals surface area contributed by atoms with E-state index < -0.39 is 74.4 Å². The smallest absolute Gasteiger partial charge is 0.469 e. The maximum atomic E-state index is 13.4. The van der Waals surface area contributed by atoms with Crippen LogP contribution < -0.4 is 26.6 Å². The molecule has 242 valence electrons. The first-order valence-corrected chi connectivity index (χ1v) is 15.2. The predicted molar refractivity (Wildman–Crippen MR) is 148 cm³/mol. The molecule has 0 aliphatic carbocycles. The molecular weight excluding hydrogens is 593 g/mol. The molecule has 1 fully saturated rings. The first-order valence-electron chi connectivity index (χ1n) is 13.7. The van der Waals surface area contributed by atoms with E-state index in [9.17, 15) is 38.8 Å². The maximum Gasteiger partial charge on any atom is 0.469 e. The molecule has 43 heavy (non-hydrogen) atoms. The van der Waals surface area contributed by atoms with Crippen molar-refractivity contribution in [1.29, 1.82) is 0 Å². The van der Waals surface area contributed by atoms with Crippen LogP contribution in [0.4, 0.5) is 0 Å². The number of phosphoric acid groups is 1. The van der Waals surface area contributed by atoms with E-state index in [2.05, 4.69) is 35.8 Å². The number of carbonyl (C=O) groups is 5. The van der Waals surface area contributed by atoms with Crippen molar-refractivity contribution in [3.05, 3.63) is 18.2 Å². The van der Waals surface area contributed by atoms with E-state index in [0.29, 0.717) is 25.1 Å². The van der Waals surface area contributed by atoms with Crippen molar-refractivity contribution in [2.24, 2.45) is 5.92 Å². The Bertz CT molecular complexity index is 1160. The number of rotatable bonds is 17. The van der Waals surface area contributed by atoms with Gasteiger partial charge in [-0.3, -0.25) is 23.7 Å². The van der Waals surface area contributed by atoms with Gasteiger partial charge in [0.1, 0.15) is 18.1 Å². The van der Waals surface area contributed by atoms with Crippen molar-refractivity contribution in [2.75, 3.05) is 13.2 Å². The van der Waals surface area contributed by atoms with E-state index in [1.54, 1.807) is 6.92 Å². The Morgan fingerprint density at radius 2 is 1.70 bits per heavy atom. The molecule has 1 saturated heterocycles. The number of hydrogen-bond donors (Lipinski definition) is 10. The van der Waals surface area contributed by atoms with Gasteiger partial charge in [-0.15, -0.1) is 0 Å². The molecule has 4 amide bonds. The summed E-state index contributed by atoms with van der Waals surface area (Å²) >= 11 is 0. The van der Waals surface area contributed by atoms with Gasteiger partial charge in [-0.1, -0.05) is 20.3 Å². The zero-order valence-electron chi connectivity index (χ0n) is 24.0. The third kappa shape index (κ3) is 11.3. The van der Waals surface area contributed by atoms with E-state index in [4.69, 9.17) is 9.79 Å². The molecule has 2 heterocycles. The number of carboxylic acid groups (broad SMARTS) is 1. The van der Waals surface area contributed by atoms with Gasteiger partial charge in [-0.25, -0.2) is 14.3 Å². The topological polar surface area (TPSA) is 281 Å². The lowest BCUT2D eigenvalue weighted by atomic mass is 9.97. The Labute approximate surface area is 247 Å². The second kappa shape index (κ2) is 16.4. The van der Waals surface area contributed by atoms with Crippen LogP contribution in [0.2, 0.25) is 0 Å². The lowest BCUT2D eigenvalue weighted by Crippen LogP contribution is -2.61. The minimum atomic E-state index is -5.11. The molecule has 1 aromatic heterocycles. The van der Waals surface area contributed by atoms with E-state index in [-0.39, 0.29) is 18.2 Å². The quantitative estimate of drug-likeness (QED) is 0.0781. The molecule has 0 bridgehead atoms. The lowest BCUT2D eigenvalue weighted by Gasteiger charge is -2.28. The van der Waals surface area contributed by atoms with Crippen molar-refractivity contribution < 1.29 is 53.1 Å². The number of nitrogens with one attached hydrogen (secondary N) is 6. The van der Waals surface area contributed by atoms with E-state index in [0.717, 1.165) is 13.3 Å². The first-order chi connectivity index (χ1) is 20.2. The van der Waals surface area contributed by atoms with E-state index in [1.807, 2.05) is 12.2 Å². The molecule has 0 unspecified atom stereocenters. The number of aliphatic hydroxyl groups is 1. The number of carboxylic acids is 1. The lowest BCUT2D eigenvalue weighted by molar-refractivity contribution is -0.145. The second-order valence-electron chi connectivity index (χ2n) is 10.2. The summed E-state index contributed by atoms with van der Waals surface area (Å²) in [5, 5.41) is 31.8. The minimum absolute atomic E-state index is 0.131. The van der Waals surface area contributed by atoms with Gasteiger partial charge in [-0.05, 0) is 32.2 Å². The van der Waals surface area contributed by atoms with E-state index in [1.165, 1.54) is 12.5 Å². The summed E-state index contributed by atoms with van der Waals surface area (Å²) in [5.41, 5.74) is 0.430. The number of imidazole rings is 1. The Morgan fingerprint density at radius 3 is 2.21 bits per heavy atom. The average molecular weight is 634 g/mol. The maximum absolute atomic E-state index is 13.4. The number of aromatic amines is 1. The SMILES string of the molecule is CC[C@H](C)[C@H](NC(=O)[C@@H]1CCCN1)C(=O)N[C@@H](Cc1cnc[nH]1)C(=O)N[C@@H](CO)C(=O)N[C@H](C(=O)O)[C@@H](C)OP(=O)(O)O. The highest BCUT2D eigenvalue weighted by Gasteiger charge is 2.36. The monoisotopic (exact) mass is 633 g/mol. The second-order valence-corrected chi connectivity index (χ2v) is 11.4. The Kier molecular flexibility index (Phi) is 13.7. The Hall–Kier alpha value is -3.41. The van der Waals surface area contributed by atoms with Crippen LogP contribution in [-0.2, 0) is 39.5 Å². The molecule has 18 nitrogen and oxygen atoms in total. The fourth-order valence-electron chi connectivity index (χ4n) is 4.33. The van der Waals surface area contributed by atoms with E-state index >= 15 is 0 Å². The van der Waals surface area contributed by atoms with Crippen LogP contribution in [0.25, 0.3) is 0 Å². The van der Waals surface area contributed by atoms with Crippen LogP contribution in [0.3, 0.4) is 0 Å². The summed E-state index contributed by atoms with van der Waals surface area (Å²) in [6.07, 6.45) is 2.87. The average Bonchev–Trinajstić information content (AvgIpc) is 3.65. The van der Waals surface area contributed by atoms with Crippen LogP contribution in [-0.4, -0.2) is 109 Å². The summed E-state index contributed by atoms with van der Waals surface area (Å²) in [6.45, 7) is 4.27. The molecule has 19 heteroatoms. The van der Waals surface area contributed by atoms with Crippen molar-refractivity contribution >= 4 is 37.4 Å². The molecule has 2 rings (SSSR count). The number of amides is 4. The van der Waals surface area contributed by atoms with Crippen molar-refractivity contribution in [2.45, 2.75) is 82.8 Å². The van der Waals surface area contributed by atoms with Gasteiger partial charge in [0, 0.05) is 18.3 Å². The van der Waals surface area contributed by atoms with Gasteiger partial charge < -0.3 is 51.6 Å². The zero-order valence-corrected chi connectivity index (χ0v) is 24.9. The third-order valence-corrected chi connectivity index (χ3v) is 7.54. The van der Waals surface area contributed by atoms with Crippen LogP contribution in [0.5, 0.6) is 0 Å². The molecule has 1 aromatic rings. The molecule has 10 N–H and O–H groups in total. The van der Waals surface area contributed by atoms with Gasteiger partial charge in [0.25, 0.3) is 0 Å². The summed E-state index contributed by atoms with van der Waals surface area (Å²) in [6, 6.07) is -6.47. The van der Waals surface area contributed by atoms with Crippen LogP contribution in [0.1, 0.15) is 45.7 Å². The molecule has 1 aliphatic rings. The molecule has 0 radical (unpaired) electrons. The molecule has 0 spiro atoms. The number of aliphatic carboxylic acids is 1. The van der Waals surface area contributed by atoms with Gasteiger partial charge in [0.05, 0.1) is 25.1 Å². The largest absolute Gasteiger partial charge is 0.480 e. The minimum Gasteiger partial charge on any atom is -0.480 e. The molecular formula is C24H40N7O11P. The van der Waals surface area contributed by atoms with Crippen molar-refractivity contribution in [1.82, 2.24) is 36.6 Å². The molecule has 7 atom stereocenters. The molecule has 0 saturated carbocycles. The highest BCUT2D eigenvalue weighted by Crippen LogP contribution is 2.38. The first kappa shape index (κ1) is 35.8. The fraction of sp³-hybridized carbons (Fsp3) is 0.667. The number of phosphoric ester groups is 1. The van der Waals surface area contributed by atoms with Crippen LogP contribution in [0.15, 0.2) is 12.5 Å². The highest BCUT2D eigenvalue weighted by molar-refractivity contribution is 7.46. The Morgan fingerprint density at radius 1 is 1.05 bits per heavy atom. The van der Waals surface area contributed by atoms with Crippen LogP contribution >= 0.6 is 7.82 Å². The zero-order chi connectivity index (χ0) is 32.3. The van der Waals surface area contributed by atoms with Crippen LogP contribution in [0, 0.1) is 5.92 Å². The number of carbonyl (C=O) groups excluding carboxylic acids is 4. The normalized spacial score (nSPS) is 19.3. The number of nitrogens with zero attached hydrogens (tertiary/aromatic N) is 1. The predicted octanol–water partition coefficient (Wildman–Crippen LogP) is -2.74. The summed E-state index contributed by atoms with van der Waals surface area (Å²) < 4.78 is 15.5. The summed E-state index contributed by atoms with van der Waals surface area (Å²) in [7, 11) is -5.11. The number of hydrogen-bond acceptors (Lipinski definition) is 10. The van der Waals surface area contributed by atoms with Gasteiger partial charge >= 0.3 is 13.8 Å². The standard InChI is InChI=1S/C24H40N7O11P/c1-4-12(2)18(30-20(33)15-6-5-7-26-15)23(36)28-16(8-14-9-25-11-27-14)21(34)29-17(10-32)22(35)31-19(24(37)38)13(3)42-43(39,40)41/h9,11-13,15-19,26,32H,4-8,10H2,1-3H3,(H,25,27)(H,28,36)(H,29,34)(H,30,33)(H,31,35)(H,37,38)(H2,39,40,41)/t12-,13+,15-,16-,17-,18-,19-/m0/s1. The van der Waals surface area contributed by atoms with Gasteiger partial charge in [0.2, 0.25) is 23.6 Å². The van der Waals surface area contributed by atoms with Gasteiger partial charge in [0.15, 0.2) is 6.04 Å². The summed E-state index contributed by atoms with van der Waals surface area (Å²) in [5.74, 6) is -5.18. The third-order valence-electron chi connectivity index (χ3n) is 6.93. The molecule has 1 aliphatic heterocycles. The number of aromatic nitrogens is 2. The van der Waals surface area contributed by atoms with Gasteiger partial charge in [-0.2, -0.15) is 0 Å². The summed E-state index contributed by atoms with van der Waals surface area (Å²) in [4.78, 5) is 88.5. The highest BCUT2D eigenvalue weighted by atomic mass is 31.2. The van der Waals surface area contributed by atoms with Crippen molar-refractivity contribution in [3.8, 4) is 0 Å². The van der Waals surface area contributed by atoms with Crippen molar-refractivity contribution in [3.63, 3.8) is 0 Å². The molecule has 0 aromatic carbocycles. The number of aliphatic hydroxyl groups excluding tert-OH is 1. The number of H-pyrrole nitrogens is 1.